The SMILES string of the molecule is [O-]N1NCCCP1. The maximum Gasteiger partial charge on any atom is 0.00990 e. The highest BCUT2D eigenvalue weighted by Gasteiger charge is 1.96. The van der Waals surface area contributed by atoms with E-state index >= 15 is 0 Å². The number of rotatable bonds is 0. The van der Waals surface area contributed by atoms with Crippen LogP contribution in [0.15, 0.2) is 0 Å². The summed E-state index contributed by atoms with van der Waals surface area (Å²) in [6.45, 7) is 0.858. The molecular weight excluding hydrogens is 111 g/mol. The van der Waals surface area contributed by atoms with Gasteiger partial charge in [0.1, 0.15) is 0 Å². The Balaban J connectivity index is 2.12. The number of nitrogens with one attached hydrogen (secondary N) is 1. The van der Waals surface area contributed by atoms with Crippen LogP contribution in [-0.4, -0.2) is 17.6 Å². The summed E-state index contributed by atoms with van der Waals surface area (Å²) in [7, 11) is 0.442. The van der Waals surface area contributed by atoms with Crippen molar-refractivity contribution in [3.8, 4) is 0 Å². The molecule has 0 saturated carbocycles. The third-order valence-electron chi connectivity index (χ3n) is 0.864. The van der Waals surface area contributed by atoms with Gasteiger partial charge in [-0.3, -0.25) is 5.43 Å². The summed E-state index contributed by atoms with van der Waals surface area (Å²) in [5.74, 6) is 0. The molecular formula is C3H8N2OP-. The van der Waals surface area contributed by atoms with Crippen LogP contribution in [0, 0.1) is 5.21 Å². The lowest BCUT2D eigenvalue weighted by atomic mass is 10.5. The van der Waals surface area contributed by atoms with Gasteiger partial charge in [0.25, 0.3) is 0 Å². The van der Waals surface area contributed by atoms with Crippen LogP contribution in [0.5, 0.6) is 0 Å². The van der Waals surface area contributed by atoms with Crippen molar-refractivity contribution in [1.29, 1.82) is 0 Å². The van der Waals surface area contributed by atoms with E-state index in [0.29, 0.717) is 8.73 Å². The summed E-state index contributed by atoms with van der Waals surface area (Å²) < 4.78 is 0. The van der Waals surface area contributed by atoms with Gasteiger partial charge in [0.05, 0.1) is 0 Å². The van der Waals surface area contributed by atoms with Crippen LogP contribution in [0.25, 0.3) is 0 Å². The van der Waals surface area contributed by atoms with Crippen molar-refractivity contribution < 1.29 is 0 Å². The molecule has 1 aliphatic heterocycles. The molecule has 3 nitrogen and oxygen atoms in total. The highest BCUT2D eigenvalue weighted by molar-refractivity contribution is 7.35. The van der Waals surface area contributed by atoms with E-state index in [2.05, 4.69) is 5.43 Å². The minimum absolute atomic E-state index is 0.442. The standard InChI is InChI=1S/C3H8N2OP/c6-5-4-2-1-3-7-5/h4,7H,1-3H2/q-1. The van der Waals surface area contributed by atoms with Crippen molar-refractivity contribution in [3.05, 3.63) is 5.21 Å². The molecule has 1 unspecified atom stereocenters. The predicted octanol–water partition coefficient (Wildman–Crippen LogP) is 0.288. The van der Waals surface area contributed by atoms with Gasteiger partial charge in [0.15, 0.2) is 0 Å². The van der Waals surface area contributed by atoms with Crippen LogP contribution in [0.4, 0.5) is 0 Å². The summed E-state index contributed by atoms with van der Waals surface area (Å²) in [6.07, 6.45) is 2.22. The number of hydrazine groups is 1. The molecule has 1 aliphatic rings. The van der Waals surface area contributed by atoms with Crippen LogP contribution >= 0.6 is 8.73 Å². The molecule has 1 saturated heterocycles. The number of nitrogens with zero attached hydrogens (tertiary/aromatic N) is 1. The average molecular weight is 119 g/mol. The van der Waals surface area contributed by atoms with Crippen molar-refractivity contribution in [2.24, 2.45) is 0 Å². The molecule has 1 N–H and O–H groups in total. The Morgan fingerprint density at radius 3 is 2.86 bits per heavy atom. The molecule has 7 heavy (non-hydrogen) atoms. The highest BCUT2D eigenvalue weighted by atomic mass is 31.1. The van der Waals surface area contributed by atoms with Crippen molar-refractivity contribution in [3.63, 3.8) is 0 Å². The van der Waals surface area contributed by atoms with E-state index in [-0.39, 0.29) is 0 Å². The molecule has 42 valence electrons. The molecule has 0 aliphatic carbocycles. The summed E-state index contributed by atoms with van der Waals surface area (Å²) in [6, 6.07) is 0. The van der Waals surface area contributed by atoms with Gasteiger partial charge in [-0.15, -0.1) is 0 Å². The lowest BCUT2D eigenvalue weighted by Crippen LogP contribution is -2.31. The third-order valence-corrected chi connectivity index (χ3v) is 1.89. The van der Waals surface area contributed by atoms with Gasteiger partial charge in [-0.05, 0) is 21.3 Å². The van der Waals surface area contributed by atoms with E-state index in [4.69, 9.17) is 0 Å². The lowest BCUT2D eigenvalue weighted by Gasteiger charge is -2.32. The summed E-state index contributed by atoms with van der Waals surface area (Å²) in [5, 5.41) is 10.3. The predicted molar refractivity (Wildman–Crippen MR) is 31.0 cm³/mol. The van der Waals surface area contributed by atoms with Crippen LogP contribution in [-0.2, 0) is 0 Å². The molecule has 1 heterocycles. The topological polar surface area (TPSA) is 38.3 Å². The van der Waals surface area contributed by atoms with E-state index in [0.717, 1.165) is 24.1 Å². The van der Waals surface area contributed by atoms with Gasteiger partial charge in [0.2, 0.25) is 0 Å². The molecule has 0 aromatic heterocycles. The van der Waals surface area contributed by atoms with Gasteiger partial charge in [-0.1, -0.05) is 0 Å². The molecule has 0 aromatic carbocycles. The normalized spacial score (nSPS) is 28.7. The zero-order valence-electron chi connectivity index (χ0n) is 3.98. The Labute approximate surface area is 44.5 Å². The smallest absolute Gasteiger partial charge is 0.00990 e. The number of hydrogen-bond donors (Lipinski definition) is 1. The second kappa shape index (κ2) is 2.58. The Morgan fingerprint density at radius 1 is 1.71 bits per heavy atom. The second-order valence-electron chi connectivity index (χ2n) is 1.46. The molecule has 0 radical (unpaired) electrons. The monoisotopic (exact) mass is 119 g/mol. The minimum atomic E-state index is 0.442. The van der Waals surface area contributed by atoms with Gasteiger partial charge in [-0.2, -0.15) is 0 Å². The first kappa shape index (κ1) is 5.45. The Bertz CT molecular complexity index is 54.9. The maximum absolute atomic E-state index is 10.3. The highest BCUT2D eigenvalue weighted by Crippen LogP contribution is 2.17. The first-order valence-corrected chi connectivity index (χ1v) is 3.49. The zero-order chi connectivity index (χ0) is 5.11. The lowest BCUT2D eigenvalue weighted by molar-refractivity contribution is 0.426. The average Bonchev–Trinajstić information content (AvgIpc) is 1.69. The summed E-state index contributed by atoms with van der Waals surface area (Å²) in [5.41, 5.74) is 2.67. The van der Waals surface area contributed by atoms with Crippen molar-refractivity contribution in [2.75, 3.05) is 12.7 Å². The van der Waals surface area contributed by atoms with Crippen molar-refractivity contribution >= 4 is 8.73 Å². The van der Waals surface area contributed by atoms with Crippen LogP contribution in [0.2, 0.25) is 0 Å². The first-order valence-electron chi connectivity index (χ1n) is 2.34. The van der Waals surface area contributed by atoms with Gasteiger partial charge in [0, 0.05) is 6.54 Å². The van der Waals surface area contributed by atoms with E-state index in [1.165, 1.54) is 0 Å². The van der Waals surface area contributed by atoms with Crippen molar-refractivity contribution in [1.82, 2.24) is 10.4 Å². The largest absolute Gasteiger partial charge is 0.768 e. The van der Waals surface area contributed by atoms with E-state index in [1.54, 1.807) is 0 Å². The van der Waals surface area contributed by atoms with Crippen LogP contribution in [0.3, 0.4) is 0 Å². The molecule has 1 atom stereocenters. The molecule has 0 bridgehead atoms. The Kier molecular flexibility index (Phi) is 2.00. The molecule has 4 heteroatoms. The van der Waals surface area contributed by atoms with Gasteiger partial charge >= 0.3 is 0 Å². The number of hydrogen-bond acceptors (Lipinski definition) is 3. The Morgan fingerprint density at radius 2 is 2.57 bits per heavy atom. The van der Waals surface area contributed by atoms with Crippen LogP contribution < -0.4 is 5.43 Å². The van der Waals surface area contributed by atoms with Gasteiger partial charge in [-0.25, -0.2) is 0 Å². The van der Waals surface area contributed by atoms with Crippen molar-refractivity contribution in [2.45, 2.75) is 6.42 Å². The zero-order valence-corrected chi connectivity index (χ0v) is 4.98. The molecule has 1 rings (SSSR count). The fraction of sp³-hybridized carbons (Fsp3) is 1.00. The summed E-state index contributed by atoms with van der Waals surface area (Å²) in [4.78, 5) is 0.920. The fourth-order valence-corrected chi connectivity index (χ4v) is 1.27. The summed E-state index contributed by atoms with van der Waals surface area (Å²) >= 11 is 0. The molecule has 1 fully saturated rings. The van der Waals surface area contributed by atoms with Crippen LogP contribution in [0.1, 0.15) is 6.42 Å². The third kappa shape index (κ3) is 1.70. The Hall–Kier alpha value is 0.310. The first-order chi connectivity index (χ1) is 3.39. The molecule has 0 amide bonds. The molecule has 0 aromatic rings. The maximum atomic E-state index is 10.3. The van der Waals surface area contributed by atoms with E-state index < -0.39 is 0 Å². The fourth-order valence-electron chi connectivity index (χ4n) is 0.505. The second-order valence-corrected chi connectivity index (χ2v) is 2.69. The van der Waals surface area contributed by atoms with E-state index in [9.17, 15) is 5.21 Å². The van der Waals surface area contributed by atoms with Gasteiger partial charge < -0.3 is 10.1 Å². The van der Waals surface area contributed by atoms with E-state index in [1.807, 2.05) is 0 Å². The quantitative estimate of drug-likeness (QED) is 0.466. The molecule has 0 spiro atoms. The minimum Gasteiger partial charge on any atom is -0.768 e.